The van der Waals surface area contributed by atoms with E-state index in [0.29, 0.717) is 12.3 Å². The van der Waals surface area contributed by atoms with Gasteiger partial charge >= 0.3 is 5.97 Å². The number of imidazole rings is 1. The first-order chi connectivity index (χ1) is 15.2. The molecule has 0 aliphatic carbocycles. The fourth-order valence-electron chi connectivity index (χ4n) is 4.68. The molecule has 3 aromatic heterocycles. The highest BCUT2D eigenvalue weighted by Crippen LogP contribution is 2.38. The van der Waals surface area contributed by atoms with Crippen LogP contribution in [0.4, 0.5) is 0 Å². The molecule has 0 radical (unpaired) electrons. The van der Waals surface area contributed by atoms with Crippen LogP contribution in [-0.2, 0) is 24.2 Å². The van der Waals surface area contributed by atoms with E-state index in [1.807, 2.05) is 47.4 Å². The van der Waals surface area contributed by atoms with E-state index in [1.165, 1.54) is 21.6 Å². The van der Waals surface area contributed by atoms with E-state index in [1.54, 1.807) is 0 Å². The highest BCUT2D eigenvalue weighted by Gasteiger charge is 2.26. The molecular formula is C24H28N4O2S. The number of hydrogen-bond acceptors (Lipinski definition) is 5. The van der Waals surface area contributed by atoms with Crippen molar-refractivity contribution in [3.8, 4) is 0 Å². The lowest BCUT2D eigenvalue weighted by Crippen LogP contribution is -2.34. The van der Waals surface area contributed by atoms with Crippen molar-refractivity contribution in [3.05, 3.63) is 69.7 Å². The summed E-state index contributed by atoms with van der Waals surface area (Å²) in [6, 6.07) is 6.03. The monoisotopic (exact) mass is 436 g/mol. The van der Waals surface area contributed by atoms with Crippen LogP contribution in [-0.4, -0.2) is 51.2 Å². The normalized spacial score (nSPS) is 16.7. The fourth-order valence-corrected chi connectivity index (χ4v) is 5.72. The van der Waals surface area contributed by atoms with Gasteiger partial charge in [-0.1, -0.05) is 5.57 Å². The van der Waals surface area contributed by atoms with Gasteiger partial charge in [-0.3, -0.25) is 0 Å². The molecular weight excluding hydrogens is 408 g/mol. The van der Waals surface area contributed by atoms with Crippen molar-refractivity contribution in [3.63, 3.8) is 0 Å². The lowest BCUT2D eigenvalue weighted by Gasteiger charge is -2.30. The molecule has 7 heteroatoms. The van der Waals surface area contributed by atoms with Gasteiger partial charge in [0.2, 0.25) is 0 Å². The Morgan fingerprint density at radius 2 is 2.00 bits per heavy atom. The summed E-state index contributed by atoms with van der Waals surface area (Å²) in [7, 11) is 0. The van der Waals surface area contributed by atoms with Crippen molar-refractivity contribution in [2.75, 3.05) is 26.2 Å². The first-order valence-electron chi connectivity index (χ1n) is 11.1. The molecule has 0 spiro atoms. The Labute approximate surface area is 186 Å². The molecule has 2 aliphatic rings. The van der Waals surface area contributed by atoms with Gasteiger partial charge in [-0.05, 0) is 55.3 Å². The molecule has 5 rings (SSSR count). The zero-order valence-corrected chi connectivity index (χ0v) is 18.7. The highest BCUT2D eigenvalue weighted by atomic mass is 32.1. The number of hydrogen-bond donors (Lipinski definition) is 0. The van der Waals surface area contributed by atoms with Crippen molar-refractivity contribution < 1.29 is 9.53 Å². The second kappa shape index (κ2) is 8.85. The van der Waals surface area contributed by atoms with Crippen molar-refractivity contribution in [2.45, 2.75) is 39.3 Å². The molecule has 2 aliphatic heterocycles. The number of likely N-dealkylation sites (tertiary alicyclic amines) is 1. The van der Waals surface area contributed by atoms with Gasteiger partial charge in [0.15, 0.2) is 0 Å². The molecule has 0 atom stereocenters. The van der Waals surface area contributed by atoms with E-state index in [0.717, 1.165) is 57.8 Å². The van der Waals surface area contributed by atoms with Gasteiger partial charge in [0.1, 0.15) is 11.5 Å². The van der Waals surface area contributed by atoms with Crippen LogP contribution in [0.3, 0.4) is 0 Å². The summed E-state index contributed by atoms with van der Waals surface area (Å²) in [5, 5.41) is 2.22. The van der Waals surface area contributed by atoms with E-state index in [4.69, 9.17) is 9.72 Å². The Kier molecular flexibility index (Phi) is 5.78. The number of esters is 1. The molecule has 0 bridgehead atoms. The maximum Gasteiger partial charge on any atom is 0.354 e. The maximum atomic E-state index is 12.1. The third kappa shape index (κ3) is 4.00. The van der Waals surface area contributed by atoms with Crippen LogP contribution in [0.15, 0.2) is 47.7 Å². The van der Waals surface area contributed by atoms with E-state index in [-0.39, 0.29) is 5.97 Å². The van der Waals surface area contributed by atoms with Gasteiger partial charge in [-0.25, -0.2) is 9.78 Å². The lowest BCUT2D eigenvalue weighted by atomic mass is 9.95. The number of thiophene rings is 1. The van der Waals surface area contributed by atoms with Gasteiger partial charge in [0.25, 0.3) is 0 Å². The molecule has 0 saturated carbocycles. The second-order valence-electron chi connectivity index (χ2n) is 8.10. The number of piperidine rings is 1. The van der Waals surface area contributed by atoms with Crippen molar-refractivity contribution in [1.82, 2.24) is 19.0 Å². The van der Waals surface area contributed by atoms with Crippen LogP contribution in [0.2, 0.25) is 0 Å². The lowest BCUT2D eigenvalue weighted by molar-refractivity contribution is 0.0513. The molecule has 0 amide bonds. The Morgan fingerprint density at radius 1 is 1.13 bits per heavy atom. The van der Waals surface area contributed by atoms with Gasteiger partial charge in [0, 0.05) is 61.8 Å². The van der Waals surface area contributed by atoms with Crippen molar-refractivity contribution >= 4 is 22.9 Å². The van der Waals surface area contributed by atoms with Crippen LogP contribution in [0.1, 0.15) is 46.5 Å². The quantitative estimate of drug-likeness (QED) is 0.566. The van der Waals surface area contributed by atoms with Crippen molar-refractivity contribution in [2.24, 2.45) is 0 Å². The molecule has 162 valence electrons. The minimum Gasteiger partial charge on any atom is -0.461 e. The van der Waals surface area contributed by atoms with Gasteiger partial charge in [-0.15, -0.1) is 11.3 Å². The maximum absolute atomic E-state index is 12.1. The number of aryl methyl sites for hydroxylation is 2. The minimum atomic E-state index is -0.242. The Balaban J connectivity index is 1.29. The Bertz CT molecular complexity index is 1050. The number of fused-ring (bicyclic) bond motifs is 2. The molecule has 1 fully saturated rings. The third-order valence-corrected chi connectivity index (χ3v) is 7.29. The summed E-state index contributed by atoms with van der Waals surface area (Å²) in [5.41, 5.74) is 5.00. The first-order valence-corrected chi connectivity index (χ1v) is 12.0. The van der Waals surface area contributed by atoms with Crippen molar-refractivity contribution in [1.29, 1.82) is 0 Å². The number of aromatic nitrogens is 3. The van der Waals surface area contributed by atoms with E-state index in [9.17, 15) is 4.79 Å². The zero-order valence-electron chi connectivity index (χ0n) is 17.9. The first kappa shape index (κ1) is 20.3. The molecule has 0 N–H and O–H groups in total. The summed E-state index contributed by atoms with van der Waals surface area (Å²) in [5.74, 6) is 0.893. The van der Waals surface area contributed by atoms with Crippen LogP contribution in [0.25, 0.3) is 5.57 Å². The zero-order chi connectivity index (χ0) is 21.2. The third-order valence-electron chi connectivity index (χ3n) is 6.32. The predicted molar refractivity (Wildman–Crippen MR) is 122 cm³/mol. The SMILES string of the molecule is CCOC(=O)c1cccn1CCN1CCC(=C2c3sccc3CCn3ccnc32)CC1. The van der Waals surface area contributed by atoms with E-state index < -0.39 is 0 Å². The summed E-state index contributed by atoms with van der Waals surface area (Å²) < 4.78 is 9.48. The van der Waals surface area contributed by atoms with Gasteiger partial charge in [-0.2, -0.15) is 0 Å². The molecule has 31 heavy (non-hydrogen) atoms. The molecule has 0 aromatic carbocycles. The number of nitrogens with zero attached hydrogens (tertiary/aromatic N) is 4. The number of ether oxygens (including phenoxy) is 1. The Morgan fingerprint density at radius 3 is 2.84 bits per heavy atom. The molecule has 0 unspecified atom stereocenters. The minimum absolute atomic E-state index is 0.242. The largest absolute Gasteiger partial charge is 0.461 e. The summed E-state index contributed by atoms with van der Waals surface area (Å²) in [6.07, 6.45) is 9.21. The summed E-state index contributed by atoms with van der Waals surface area (Å²) in [4.78, 5) is 20.8. The summed E-state index contributed by atoms with van der Waals surface area (Å²) >= 11 is 1.85. The van der Waals surface area contributed by atoms with Gasteiger partial charge in [0.05, 0.1) is 6.61 Å². The smallest absolute Gasteiger partial charge is 0.354 e. The average Bonchev–Trinajstić information content (AvgIpc) is 3.53. The van der Waals surface area contributed by atoms with E-state index in [2.05, 4.69) is 27.1 Å². The predicted octanol–water partition coefficient (Wildman–Crippen LogP) is 4.08. The standard InChI is InChI=1S/C24H28N4O2S/c1-2-30-24(29)20-4-3-10-27(20)16-15-26-11-5-18(6-12-26)21-22-19(8-17-31-22)7-13-28-14-9-25-23(21)28/h3-4,8-10,14,17H,2,5-7,11-13,15-16H2,1H3. The topological polar surface area (TPSA) is 52.3 Å². The van der Waals surface area contributed by atoms with Crippen LogP contribution < -0.4 is 0 Å². The fraction of sp³-hybridized carbons (Fsp3) is 0.417. The van der Waals surface area contributed by atoms with Crippen LogP contribution >= 0.6 is 11.3 Å². The number of rotatable bonds is 5. The number of carbonyl (C=O) groups excluding carboxylic acids is 1. The average molecular weight is 437 g/mol. The molecule has 3 aromatic rings. The van der Waals surface area contributed by atoms with E-state index >= 15 is 0 Å². The Hall–Kier alpha value is -2.64. The number of carbonyl (C=O) groups is 1. The van der Waals surface area contributed by atoms with Crippen LogP contribution in [0.5, 0.6) is 0 Å². The van der Waals surface area contributed by atoms with Crippen LogP contribution in [0, 0.1) is 0 Å². The second-order valence-corrected chi connectivity index (χ2v) is 9.01. The summed E-state index contributed by atoms with van der Waals surface area (Å²) in [6.45, 7) is 7.05. The molecule has 5 heterocycles. The highest BCUT2D eigenvalue weighted by molar-refractivity contribution is 7.11. The molecule has 6 nitrogen and oxygen atoms in total. The molecule has 1 saturated heterocycles. The van der Waals surface area contributed by atoms with Gasteiger partial charge < -0.3 is 18.8 Å².